The van der Waals surface area contributed by atoms with Crippen molar-refractivity contribution in [1.29, 1.82) is 0 Å². The Balaban J connectivity index is 3.04. The minimum atomic E-state index is -4.58. The number of hydrogen-bond acceptors (Lipinski definition) is 3. The summed E-state index contributed by atoms with van der Waals surface area (Å²) in [5, 5.41) is 7.08. The Labute approximate surface area is 119 Å². The SMILES string of the molecule is CNC(=O)C(C)NC(=O)c1ccc(NC)c(C(F)(F)F)c1. The Morgan fingerprint density at radius 2 is 1.81 bits per heavy atom. The lowest BCUT2D eigenvalue weighted by atomic mass is 10.1. The van der Waals surface area contributed by atoms with Crippen LogP contribution in [0, 0.1) is 0 Å². The van der Waals surface area contributed by atoms with E-state index in [0.717, 1.165) is 6.07 Å². The van der Waals surface area contributed by atoms with E-state index < -0.39 is 29.6 Å². The number of anilines is 1. The Kier molecular flexibility index (Phi) is 5.17. The largest absolute Gasteiger partial charge is 0.418 e. The van der Waals surface area contributed by atoms with Gasteiger partial charge in [-0.3, -0.25) is 9.59 Å². The van der Waals surface area contributed by atoms with Gasteiger partial charge < -0.3 is 16.0 Å². The molecule has 1 aromatic rings. The van der Waals surface area contributed by atoms with Gasteiger partial charge in [0.25, 0.3) is 5.91 Å². The first kappa shape index (κ1) is 16.8. The predicted octanol–water partition coefficient (Wildman–Crippen LogP) is 1.61. The first-order valence-corrected chi connectivity index (χ1v) is 6.12. The fraction of sp³-hybridized carbons (Fsp3) is 0.385. The number of hydrogen-bond donors (Lipinski definition) is 3. The van der Waals surface area contributed by atoms with Crippen LogP contribution >= 0.6 is 0 Å². The van der Waals surface area contributed by atoms with Gasteiger partial charge in [0.1, 0.15) is 6.04 Å². The van der Waals surface area contributed by atoms with E-state index in [9.17, 15) is 22.8 Å². The molecule has 1 rings (SSSR count). The molecule has 1 atom stereocenters. The molecule has 2 amide bonds. The van der Waals surface area contributed by atoms with E-state index in [-0.39, 0.29) is 11.3 Å². The van der Waals surface area contributed by atoms with Crippen LogP contribution in [0.3, 0.4) is 0 Å². The molecule has 0 aromatic heterocycles. The molecule has 21 heavy (non-hydrogen) atoms. The molecule has 1 aromatic carbocycles. The number of carbonyl (C=O) groups is 2. The quantitative estimate of drug-likeness (QED) is 0.791. The highest BCUT2D eigenvalue weighted by atomic mass is 19.4. The molecule has 0 heterocycles. The van der Waals surface area contributed by atoms with Crippen molar-refractivity contribution in [3.63, 3.8) is 0 Å². The Bertz CT molecular complexity index is 544. The molecular weight excluding hydrogens is 287 g/mol. The molecule has 0 saturated carbocycles. The van der Waals surface area contributed by atoms with Crippen LogP contribution in [0.25, 0.3) is 0 Å². The molecule has 1 unspecified atom stereocenters. The normalized spacial score (nSPS) is 12.5. The van der Waals surface area contributed by atoms with Crippen LogP contribution in [0.5, 0.6) is 0 Å². The lowest BCUT2D eigenvalue weighted by Crippen LogP contribution is -2.43. The highest BCUT2D eigenvalue weighted by Gasteiger charge is 2.34. The van der Waals surface area contributed by atoms with Crippen LogP contribution in [0.4, 0.5) is 18.9 Å². The molecule has 0 bridgehead atoms. The molecule has 5 nitrogen and oxygen atoms in total. The number of alkyl halides is 3. The van der Waals surface area contributed by atoms with Crippen LogP contribution in [0.2, 0.25) is 0 Å². The summed E-state index contributed by atoms with van der Waals surface area (Å²) >= 11 is 0. The Morgan fingerprint density at radius 1 is 1.19 bits per heavy atom. The molecule has 0 aliphatic carbocycles. The second-order valence-electron chi connectivity index (χ2n) is 4.32. The predicted molar refractivity (Wildman–Crippen MR) is 72.0 cm³/mol. The number of nitrogens with one attached hydrogen (secondary N) is 3. The van der Waals surface area contributed by atoms with Crippen LogP contribution in [0.15, 0.2) is 18.2 Å². The van der Waals surface area contributed by atoms with Crippen molar-refractivity contribution in [3.05, 3.63) is 29.3 Å². The fourth-order valence-electron chi connectivity index (χ4n) is 1.70. The summed E-state index contributed by atoms with van der Waals surface area (Å²) in [5.41, 5.74) is -1.24. The van der Waals surface area contributed by atoms with Crippen molar-refractivity contribution in [1.82, 2.24) is 10.6 Å². The molecule has 0 aliphatic rings. The standard InChI is InChI=1S/C13H16F3N3O2/c1-7(11(20)18-3)19-12(21)8-4-5-10(17-2)9(6-8)13(14,15)16/h4-7,17H,1-3H3,(H,18,20)(H,19,21). The lowest BCUT2D eigenvalue weighted by molar-refractivity contribution is -0.137. The van der Waals surface area contributed by atoms with Crippen LogP contribution < -0.4 is 16.0 Å². The minimum absolute atomic E-state index is 0.126. The van der Waals surface area contributed by atoms with E-state index >= 15 is 0 Å². The zero-order valence-electron chi connectivity index (χ0n) is 11.8. The van der Waals surface area contributed by atoms with Crippen molar-refractivity contribution >= 4 is 17.5 Å². The van der Waals surface area contributed by atoms with Gasteiger partial charge in [-0.1, -0.05) is 0 Å². The minimum Gasteiger partial charge on any atom is -0.388 e. The van der Waals surface area contributed by atoms with E-state index in [2.05, 4.69) is 16.0 Å². The van der Waals surface area contributed by atoms with Gasteiger partial charge in [0.15, 0.2) is 0 Å². The Morgan fingerprint density at radius 3 is 2.29 bits per heavy atom. The van der Waals surface area contributed by atoms with Crippen molar-refractivity contribution in [2.75, 3.05) is 19.4 Å². The molecule has 3 N–H and O–H groups in total. The number of benzene rings is 1. The van der Waals surface area contributed by atoms with Gasteiger partial charge in [0.2, 0.25) is 5.91 Å². The summed E-state index contributed by atoms with van der Waals surface area (Å²) in [5.74, 6) is -1.19. The molecule has 0 spiro atoms. The van der Waals surface area contributed by atoms with Crippen LogP contribution in [-0.4, -0.2) is 32.0 Å². The zero-order valence-corrected chi connectivity index (χ0v) is 11.8. The third-order valence-corrected chi connectivity index (χ3v) is 2.84. The molecular formula is C13H16F3N3O2. The fourth-order valence-corrected chi connectivity index (χ4v) is 1.70. The van der Waals surface area contributed by atoms with E-state index in [1.165, 1.54) is 33.2 Å². The van der Waals surface area contributed by atoms with Crippen molar-refractivity contribution in [3.8, 4) is 0 Å². The second kappa shape index (κ2) is 6.47. The summed E-state index contributed by atoms with van der Waals surface area (Å²) in [6, 6.07) is 2.33. The maximum absolute atomic E-state index is 12.9. The van der Waals surface area contributed by atoms with Crippen LogP contribution in [0.1, 0.15) is 22.8 Å². The molecule has 8 heteroatoms. The molecule has 0 aliphatic heterocycles. The van der Waals surface area contributed by atoms with Gasteiger partial charge >= 0.3 is 6.18 Å². The maximum Gasteiger partial charge on any atom is 0.418 e. The summed E-state index contributed by atoms with van der Waals surface area (Å²) in [7, 11) is 2.76. The third kappa shape index (κ3) is 4.11. The van der Waals surface area contributed by atoms with Gasteiger partial charge in [-0.15, -0.1) is 0 Å². The van der Waals surface area contributed by atoms with Crippen molar-refractivity contribution in [2.45, 2.75) is 19.1 Å². The zero-order chi connectivity index (χ0) is 16.2. The highest BCUT2D eigenvalue weighted by Crippen LogP contribution is 2.35. The van der Waals surface area contributed by atoms with Crippen LogP contribution in [-0.2, 0) is 11.0 Å². The van der Waals surface area contributed by atoms with E-state index in [1.807, 2.05) is 0 Å². The number of halogens is 3. The number of carbonyl (C=O) groups excluding carboxylic acids is 2. The molecule has 116 valence electrons. The third-order valence-electron chi connectivity index (χ3n) is 2.84. The average molecular weight is 303 g/mol. The van der Waals surface area contributed by atoms with Gasteiger partial charge in [-0.05, 0) is 25.1 Å². The number of amides is 2. The molecule has 0 fully saturated rings. The van der Waals surface area contributed by atoms with Crippen molar-refractivity contribution < 1.29 is 22.8 Å². The first-order valence-electron chi connectivity index (χ1n) is 6.12. The Hall–Kier alpha value is -2.25. The summed E-state index contributed by atoms with van der Waals surface area (Å²) < 4.78 is 38.7. The second-order valence-corrected chi connectivity index (χ2v) is 4.32. The van der Waals surface area contributed by atoms with Gasteiger partial charge in [-0.2, -0.15) is 13.2 Å². The molecule has 0 radical (unpaired) electrons. The summed E-state index contributed by atoms with van der Waals surface area (Å²) in [4.78, 5) is 23.2. The van der Waals surface area contributed by atoms with Gasteiger partial charge in [0.05, 0.1) is 5.56 Å². The smallest absolute Gasteiger partial charge is 0.388 e. The van der Waals surface area contributed by atoms with Gasteiger partial charge in [0, 0.05) is 25.3 Å². The summed E-state index contributed by atoms with van der Waals surface area (Å²) in [6.45, 7) is 1.43. The number of rotatable bonds is 4. The van der Waals surface area contributed by atoms with Gasteiger partial charge in [-0.25, -0.2) is 0 Å². The van der Waals surface area contributed by atoms with E-state index in [0.29, 0.717) is 0 Å². The van der Waals surface area contributed by atoms with E-state index in [1.54, 1.807) is 0 Å². The lowest BCUT2D eigenvalue weighted by Gasteiger charge is -2.16. The monoisotopic (exact) mass is 303 g/mol. The summed E-state index contributed by atoms with van der Waals surface area (Å²) in [6.07, 6.45) is -4.58. The van der Waals surface area contributed by atoms with Crippen molar-refractivity contribution in [2.24, 2.45) is 0 Å². The highest BCUT2D eigenvalue weighted by molar-refractivity contribution is 5.98. The maximum atomic E-state index is 12.9. The average Bonchev–Trinajstić information content (AvgIpc) is 2.44. The first-order chi connectivity index (χ1) is 9.70. The van der Waals surface area contributed by atoms with E-state index in [4.69, 9.17) is 0 Å². The molecule has 0 saturated heterocycles. The number of likely N-dealkylation sites (N-methyl/N-ethyl adjacent to an activating group) is 1. The topological polar surface area (TPSA) is 70.2 Å².